The highest BCUT2D eigenvalue weighted by atomic mass is 16.7. The van der Waals surface area contributed by atoms with Crippen molar-refractivity contribution in [2.75, 3.05) is 6.79 Å². The molecule has 1 amide bonds. The van der Waals surface area contributed by atoms with E-state index >= 15 is 0 Å². The van der Waals surface area contributed by atoms with Crippen molar-refractivity contribution in [2.24, 2.45) is 0 Å². The fourth-order valence-electron chi connectivity index (χ4n) is 2.63. The molecule has 2 heterocycles. The van der Waals surface area contributed by atoms with Crippen molar-refractivity contribution in [1.82, 2.24) is 5.32 Å². The number of nitrogens with one attached hydrogen (secondary N) is 1. The van der Waals surface area contributed by atoms with E-state index in [0.29, 0.717) is 23.7 Å². The van der Waals surface area contributed by atoms with Crippen molar-refractivity contribution >= 4 is 11.9 Å². The van der Waals surface area contributed by atoms with Gasteiger partial charge in [0, 0.05) is 19.3 Å². The Bertz CT molecular complexity index is 782. The van der Waals surface area contributed by atoms with Crippen LogP contribution < -0.4 is 14.8 Å². The van der Waals surface area contributed by atoms with Gasteiger partial charge in [-0.15, -0.1) is 0 Å². The number of carboxylic acids is 1. The van der Waals surface area contributed by atoms with E-state index in [4.69, 9.17) is 13.9 Å². The van der Waals surface area contributed by atoms with E-state index in [1.807, 2.05) is 19.1 Å². The maximum absolute atomic E-state index is 12.1. The fourth-order valence-corrected chi connectivity index (χ4v) is 2.63. The molecule has 0 fully saturated rings. The SMILES string of the molecule is Cc1ccc(CCC(=O)NC(Cc2ccc3c(c2)OCO3)C(=O)O)o1. The molecule has 0 radical (unpaired) electrons. The number of fused-ring (bicyclic) bond motifs is 1. The smallest absolute Gasteiger partial charge is 0.326 e. The molecule has 2 N–H and O–H groups in total. The minimum Gasteiger partial charge on any atom is -0.480 e. The maximum atomic E-state index is 12.1. The Labute approximate surface area is 144 Å². The molecule has 1 aliphatic heterocycles. The maximum Gasteiger partial charge on any atom is 0.326 e. The van der Waals surface area contributed by atoms with Crippen LogP contribution in [0.2, 0.25) is 0 Å². The van der Waals surface area contributed by atoms with E-state index in [-0.39, 0.29) is 25.5 Å². The van der Waals surface area contributed by atoms with Crippen LogP contribution in [0.3, 0.4) is 0 Å². The highest BCUT2D eigenvalue weighted by Crippen LogP contribution is 2.32. The molecular weight excluding hydrogens is 326 g/mol. The number of rotatable bonds is 7. The van der Waals surface area contributed by atoms with Crippen LogP contribution in [0.15, 0.2) is 34.7 Å². The second kappa shape index (κ2) is 7.29. The summed E-state index contributed by atoms with van der Waals surface area (Å²) < 4.78 is 15.9. The van der Waals surface area contributed by atoms with Crippen LogP contribution in [-0.4, -0.2) is 29.8 Å². The van der Waals surface area contributed by atoms with Gasteiger partial charge in [0.15, 0.2) is 11.5 Å². The molecule has 0 aliphatic carbocycles. The summed E-state index contributed by atoms with van der Waals surface area (Å²) >= 11 is 0. The van der Waals surface area contributed by atoms with Gasteiger partial charge in [0.05, 0.1) is 0 Å². The number of carbonyl (C=O) groups excluding carboxylic acids is 1. The van der Waals surface area contributed by atoms with Crippen molar-refractivity contribution in [1.29, 1.82) is 0 Å². The first kappa shape index (κ1) is 16.9. The summed E-state index contributed by atoms with van der Waals surface area (Å²) in [7, 11) is 0. The Morgan fingerprint density at radius 1 is 1.20 bits per heavy atom. The van der Waals surface area contributed by atoms with E-state index in [1.54, 1.807) is 18.2 Å². The lowest BCUT2D eigenvalue weighted by molar-refractivity contribution is -0.141. The molecule has 132 valence electrons. The van der Waals surface area contributed by atoms with Crippen molar-refractivity contribution in [2.45, 2.75) is 32.2 Å². The Balaban J connectivity index is 1.57. The second-order valence-corrected chi connectivity index (χ2v) is 5.86. The van der Waals surface area contributed by atoms with E-state index in [1.165, 1.54) is 0 Å². The highest BCUT2D eigenvalue weighted by Gasteiger charge is 2.22. The van der Waals surface area contributed by atoms with Gasteiger partial charge in [-0.25, -0.2) is 4.79 Å². The summed E-state index contributed by atoms with van der Waals surface area (Å²) in [5.74, 6) is 1.29. The molecule has 1 aromatic heterocycles. The summed E-state index contributed by atoms with van der Waals surface area (Å²) in [6.45, 7) is 1.99. The topological polar surface area (TPSA) is 98.0 Å². The molecule has 0 spiro atoms. The third kappa shape index (κ3) is 4.32. The van der Waals surface area contributed by atoms with Gasteiger partial charge in [0.25, 0.3) is 0 Å². The van der Waals surface area contributed by atoms with Gasteiger partial charge in [-0.1, -0.05) is 6.07 Å². The third-order valence-electron chi connectivity index (χ3n) is 3.90. The summed E-state index contributed by atoms with van der Waals surface area (Å²) in [6, 6.07) is 7.86. The summed E-state index contributed by atoms with van der Waals surface area (Å²) in [6.07, 6.45) is 0.755. The van der Waals surface area contributed by atoms with Crippen LogP contribution in [0.1, 0.15) is 23.5 Å². The van der Waals surface area contributed by atoms with Crippen LogP contribution in [0.4, 0.5) is 0 Å². The van der Waals surface area contributed by atoms with Crippen LogP contribution >= 0.6 is 0 Å². The third-order valence-corrected chi connectivity index (χ3v) is 3.90. The number of aryl methyl sites for hydroxylation is 2. The van der Waals surface area contributed by atoms with Crippen molar-refractivity contribution in [3.63, 3.8) is 0 Å². The standard InChI is InChI=1S/C18H19NO6/c1-11-2-4-13(25-11)5-7-17(20)19-14(18(21)22)8-12-3-6-15-16(9-12)24-10-23-15/h2-4,6,9,14H,5,7-8,10H2,1H3,(H,19,20)(H,21,22). The minimum absolute atomic E-state index is 0.157. The number of amides is 1. The van der Waals surface area contributed by atoms with Crippen LogP contribution in [0.25, 0.3) is 0 Å². The fraction of sp³-hybridized carbons (Fsp3) is 0.333. The molecule has 7 heteroatoms. The Morgan fingerprint density at radius 3 is 2.72 bits per heavy atom. The Kier molecular flexibility index (Phi) is 4.92. The number of carboxylic acid groups (broad SMARTS) is 1. The number of ether oxygens (including phenoxy) is 2. The van der Waals surface area contributed by atoms with E-state index in [0.717, 1.165) is 11.3 Å². The second-order valence-electron chi connectivity index (χ2n) is 5.86. The van der Waals surface area contributed by atoms with Gasteiger partial charge < -0.3 is 24.3 Å². The molecule has 1 atom stereocenters. The van der Waals surface area contributed by atoms with Gasteiger partial charge >= 0.3 is 5.97 Å². The molecule has 0 saturated carbocycles. The van der Waals surface area contributed by atoms with Crippen LogP contribution in [0, 0.1) is 6.92 Å². The normalized spacial score (nSPS) is 13.5. The molecule has 7 nitrogen and oxygen atoms in total. The quantitative estimate of drug-likeness (QED) is 0.797. The lowest BCUT2D eigenvalue weighted by atomic mass is 10.0. The summed E-state index contributed by atoms with van der Waals surface area (Å²) in [4.78, 5) is 23.5. The summed E-state index contributed by atoms with van der Waals surface area (Å²) in [5.41, 5.74) is 0.749. The lowest BCUT2D eigenvalue weighted by Crippen LogP contribution is -2.42. The molecule has 25 heavy (non-hydrogen) atoms. The number of aliphatic carboxylic acids is 1. The molecule has 0 saturated heterocycles. The first-order valence-corrected chi connectivity index (χ1v) is 7.97. The first-order valence-electron chi connectivity index (χ1n) is 7.97. The van der Waals surface area contributed by atoms with Gasteiger partial charge in [-0.2, -0.15) is 0 Å². The van der Waals surface area contributed by atoms with E-state index in [9.17, 15) is 14.7 Å². The molecule has 1 aromatic carbocycles. The van der Waals surface area contributed by atoms with E-state index in [2.05, 4.69) is 5.32 Å². The van der Waals surface area contributed by atoms with Crippen molar-refractivity contribution < 1.29 is 28.6 Å². The van der Waals surface area contributed by atoms with Crippen molar-refractivity contribution in [3.8, 4) is 11.5 Å². The van der Waals surface area contributed by atoms with Crippen LogP contribution in [0.5, 0.6) is 11.5 Å². The minimum atomic E-state index is -1.08. The van der Waals surface area contributed by atoms with Gasteiger partial charge in [0.2, 0.25) is 12.7 Å². The monoisotopic (exact) mass is 345 g/mol. The number of furan rings is 1. The zero-order valence-corrected chi connectivity index (χ0v) is 13.8. The van der Waals surface area contributed by atoms with Gasteiger partial charge in [-0.05, 0) is 36.8 Å². The number of carbonyl (C=O) groups is 2. The molecular formula is C18H19NO6. The van der Waals surface area contributed by atoms with E-state index < -0.39 is 12.0 Å². The molecule has 0 bridgehead atoms. The zero-order valence-electron chi connectivity index (χ0n) is 13.8. The summed E-state index contributed by atoms with van der Waals surface area (Å²) in [5, 5.41) is 11.9. The first-order chi connectivity index (χ1) is 12.0. The Hall–Kier alpha value is -2.96. The highest BCUT2D eigenvalue weighted by molar-refractivity contribution is 5.83. The molecule has 1 aliphatic rings. The number of hydrogen-bond donors (Lipinski definition) is 2. The lowest BCUT2D eigenvalue weighted by Gasteiger charge is -2.14. The predicted molar refractivity (Wildman–Crippen MR) is 87.6 cm³/mol. The van der Waals surface area contributed by atoms with Crippen molar-refractivity contribution in [3.05, 3.63) is 47.4 Å². The van der Waals surface area contributed by atoms with Gasteiger partial charge in [-0.3, -0.25) is 4.79 Å². The average molecular weight is 345 g/mol. The predicted octanol–water partition coefficient (Wildman–Crippen LogP) is 2.06. The van der Waals surface area contributed by atoms with Gasteiger partial charge in [0.1, 0.15) is 17.6 Å². The Morgan fingerprint density at radius 2 is 2.00 bits per heavy atom. The average Bonchev–Trinajstić information content (AvgIpc) is 3.20. The molecule has 2 aromatic rings. The van der Waals surface area contributed by atoms with Crippen LogP contribution in [-0.2, 0) is 22.4 Å². The molecule has 3 rings (SSSR count). The molecule has 1 unspecified atom stereocenters. The largest absolute Gasteiger partial charge is 0.480 e. The number of benzene rings is 1. The number of hydrogen-bond acceptors (Lipinski definition) is 5. The zero-order chi connectivity index (χ0) is 17.8.